The van der Waals surface area contributed by atoms with E-state index in [1.807, 2.05) is 109 Å². The number of carboxylic acids is 1. The van der Waals surface area contributed by atoms with Crippen LogP contribution in [-0.4, -0.2) is 24.3 Å². The Kier molecular flexibility index (Phi) is 8.04. The Bertz CT molecular complexity index is 2070. The third kappa shape index (κ3) is 6.12. The van der Waals surface area contributed by atoms with Gasteiger partial charge < -0.3 is 28.5 Å². The fraction of sp³-hybridized carbons (Fsp3) is 0.132. The summed E-state index contributed by atoms with van der Waals surface area (Å²) in [6.07, 6.45) is 1.44. The van der Waals surface area contributed by atoms with E-state index >= 15 is 0 Å². The molecule has 3 unspecified atom stereocenters. The van der Waals surface area contributed by atoms with Crippen molar-refractivity contribution in [1.82, 2.24) is 0 Å². The van der Waals surface area contributed by atoms with Gasteiger partial charge in [0.1, 0.15) is 52.1 Å². The molecule has 1 fully saturated rings. The number of carboxylic acid groups (broad SMARTS) is 1. The van der Waals surface area contributed by atoms with Crippen molar-refractivity contribution in [3.8, 4) is 45.6 Å². The number of aliphatic carboxylic acids is 1. The predicted molar refractivity (Wildman–Crippen MR) is 183 cm³/mol. The number of ether oxygens (including phenoxy) is 4. The van der Waals surface area contributed by atoms with E-state index in [4.69, 9.17) is 23.4 Å². The quantitative estimate of drug-likeness (QED) is 0.164. The van der Waals surface area contributed by atoms with Gasteiger partial charge in [-0.05, 0) is 113 Å². The maximum atomic E-state index is 11.2. The van der Waals surface area contributed by atoms with Crippen LogP contribution in [0, 0.1) is 16.4 Å². The number of methoxy groups -OCH3 is 1. The molecule has 5 aromatic carbocycles. The number of hydrogen-bond acceptors (Lipinski definition) is 6. The molecule has 1 aliphatic heterocycles. The summed E-state index contributed by atoms with van der Waals surface area (Å²) >= 11 is 2.26. The van der Waals surface area contributed by atoms with Gasteiger partial charge in [-0.3, -0.25) is 4.79 Å². The summed E-state index contributed by atoms with van der Waals surface area (Å²) in [7, 11) is 1.66. The lowest BCUT2D eigenvalue weighted by Gasteiger charge is -2.12. The average molecular weight is 725 g/mol. The lowest BCUT2D eigenvalue weighted by molar-refractivity contribution is -0.139. The number of rotatable bonds is 7. The highest BCUT2D eigenvalue weighted by molar-refractivity contribution is 14.1. The summed E-state index contributed by atoms with van der Waals surface area (Å²) in [4.78, 5) is 11.2. The van der Waals surface area contributed by atoms with Gasteiger partial charge in [0.25, 0.3) is 0 Å². The second-order valence-corrected chi connectivity index (χ2v) is 12.4. The summed E-state index contributed by atoms with van der Waals surface area (Å²) in [5, 5.41) is 10.3. The van der Waals surface area contributed by atoms with Gasteiger partial charge >= 0.3 is 5.97 Å². The average Bonchev–Trinajstić information content (AvgIpc) is 3.36. The van der Waals surface area contributed by atoms with Crippen molar-refractivity contribution in [2.45, 2.75) is 18.9 Å². The molecule has 46 heavy (non-hydrogen) atoms. The number of fused-ring (bicyclic) bond motifs is 4. The van der Waals surface area contributed by atoms with Crippen LogP contribution in [0.5, 0.6) is 34.5 Å². The molecule has 0 amide bonds. The minimum atomic E-state index is -0.795. The van der Waals surface area contributed by atoms with Crippen LogP contribution in [0.15, 0.2) is 120 Å². The molecule has 2 heterocycles. The summed E-state index contributed by atoms with van der Waals surface area (Å²) in [6, 6.07) is 35.2. The summed E-state index contributed by atoms with van der Waals surface area (Å²) in [5.41, 5.74) is 5.10. The van der Waals surface area contributed by atoms with Gasteiger partial charge in [-0.25, -0.2) is 0 Å². The number of carbonyl (C=O) groups is 1. The van der Waals surface area contributed by atoms with Crippen molar-refractivity contribution < 1.29 is 33.3 Å². The fourth-order valence-corrected chi connectivity index (χ4v) is 6.33. The second-order valence-electron chi connectivity index (χ2n) is 11.2. The van der Waals surface area contributed by atoms with E-state index in [1.54, 1.807) is 13.4 Å². The van der Waals surface area contributed by atoms with Gasteiger partial charge in [0.15, 0.2) is 0 Å². The van der Waals surface area contributed by atoms with Crippen molar-refractivity contribution in [2.75, 3.05) is 7.11 Å². The Balaban J connectivity index is 0.000000169. The zero-order chi connectivity index (χ0) is 31.8. The maximum Gasteiger partial charge on any atom is 0.311 e. The maximum absolute atomic E-state index is 11.2. The van der Waals surface area contributed by atoms with E-state index < -0.39 is 11.9 Å². The Morgan fingerprint density at radius 2 is 1.50 bits per heavy atom. The zero-order valence-corrected chi connectivity index (χ0v) is 27.1. The minimum absolute atomic E-state index is 0.0297. The molecular formula is C38H29IO7. The van der Waals surface area contributed by atoms with Crippen LogP contribution in [0.4, 0.5) is 0 Å². The van der Waals surface area contributed by atoms with Gasteiger partial charge in [0.2, 0.25) is 0 Å². The molecule has 0 spiro atoms. The smallest absolute Gasteiger partial charge is 0.311 e. The summed E-state index contributed by atoms with van der Waals surface area (Å²) < 4.78 is 29.4. The first-order chi connectivity index (χ1) is 22.4. The van der Waals surface area contributed by atoms with E-state index in [0.29, 0.717) is 5.75 Å². The molecule has 1 N–H and O–H groups in total. The number of benzene rings is 5. The van der Waals surface area contributed by atoms with Crippen molar-refractivity contribution in [2.24, 2.45) is 5.92 Å². The largest absolute Gasteiger partial charge is 0.497 e. The van der Waals surface area contributed by atoms with E-state index in [0.717, 1.165) is 65.5 Å². The molecule has 0 radical (unpaired) electrons. The van der Waals surface area contributed by atoms with Gasteiger partial charge in [-0.2, -0.15) is 0 Å². The number of halogens is 1. The third-order valence-electron chi connectivity index (χ3n) is 8.12. The molecule has 1 saturated carbocycles. The molecule has 8 heteroatoms. The van der Waals surface area contributed by atoms with Crippen LogP contribution >= 0.6 is 22.6 Å². The van der Waals surface area contributed by atoms with Gasteiger partial charge in [0.05, 0.1) is 13.4 Å². The van der Waals surface area contributed by atoms with Crippen LogP contribution in [0.25, 0.3) is 22.1 Å². The Morgan fingerprint density at radius 3 is 2.26 bits per heavy atom. The van der Waals surface area contributed by atoms with Crippen LogP contribution in [0.3, 0.4) is 0 Å². The monoisotopic (exact) mass is 724 g/mol. The molecule has 6 aromatic rings. The van der Waals surface area contributed by atoms with Crippen LogP contribution in [0.2, 0.25) is 0 Å². The molecule has 0 saturated heterocycles. The van der Waals surface area contributed by atoms with Crippen LogP contribution in [0.1, 0.15) is 17.0 Å². The molecule has 2 aliphatic rings. The first kappa shape index (κ1) is 29.7. The number of hydrogen-bond donors (Lipinski definition) is 1. The zero-order valence-electron chi connectivity index (χ0n) is 25.0. The molecule has 7 nitrogen and oxygen atoms in total. The second kappa shape index (κ2) is 12.4. The SMILES string of the molecule is COc1ccc(-c2cccc(Oc3ccc4c(c3)OC3C(C(=O)O)C43)c2)c(C)c1.Ic1cccc(Oc2ccc3ccoc3c2)c1. The highest BCUT2D eigenvalue weighted by Crippen LogP contribution is 2.59. The Morgan fingerprint density at radius 1 is 0.783 bits per heavy atom. The van der Waals surface area contributed by atoms with Gasteiger partial charge in [-0.15, -0.1) is 0 Å². The fourth-order valence-electron chi connectivity index (χ4n) is 5.81. The lowest BCUT2D eigenvalue weighted by atomic mass is 10.0. The van der Waals surface area contributed by atoms with Crippen molar-refractivity contribution in [3.63, 3.8) is 0 Å². The molecule has 0 bridgehead atoms. The minimum Gasteiger partial charge on any atom is -0.497 e. The lowest BCUT2D eigenvalue weighted by Crippen LogP contribution is -2.08. The summed E-state index contributed by atoms with van der Waals surface area (Å²) in [6.45, 7) is 2.05. The van der Waals surface area contributed by atoms with E-state index in [-0.39, 0.29) is 12.0 Å². The highest BCUT2D eigenvalue weighted by atomic mass is 127. The number of aryl methyl sites for hydroxylation is 1. The highest BCUT2D eigenvalue weighted by Gasteiger charge is 2.63. The molecule has 3 atom stereocenters. The van der Waals surface area contributed by atoms with E-state index in [9.17, 15) is 9.90 Å². The van der Waals surface area contributed by atoms with Gasteiger partial charge in [-0.1, -0.05) is 30.3 Å². The molecule has 230 valence electrons. The van der Waals surface area contributed by atoms with Crippen molar-refractivity contribution in [1.29, 1.82) is 0 Å². The van der Waals surface area contributed by atoms with Crippen molar-refractivity contribution >= 4 is 39.5 Å². The van der Waals surface area contributed by atoms with E-state index in [2.05, 4.69) is 29.5 Å². The van der Waals surface area contributed by atoms with Crippen LogP contribution in [-0.2, 0) is 4.79 Å². The first-order valence-corrected chi connectivity index (χ1v) is 15.8. The molecule has 1 aliphatic carbocycles. The van der Waals surface area contributed by atoms with E-state index in [1.165, 1.54) is 0 Å². The predicted octanol–water partition coefficient (Wildman–Crippen LogP) is 9.85. The molecule has 1 aromatic heterocycles. The third-order valence-corrected chi connectivity index (χ3v) is 8.79. The first-order valence-electron chi connectivity index (χ1n) is 14.7. The standard InChI is InChI=1S/C24H20O5.C14H9IO2/c1-13-10-15(27-2)6-8-18(13)14-4-3-5-16(11-14)28-17-7-9-19-20(12-17)29-23-21(19)22(23)24(25)26;15-11-2-1-3-12(8-11)17-13-5-4-10-6-7-16-14(10)9-13/h3-12,21-23H,1-2H3,(H,25,26);1-9H. The van der Waals surface area contributed by atoms with Crippen molar-refractivity contribution in [3.05, 3.63) is 130 Å². The normalized spacial score (nSPS) is 17.2. The Labute approximate surface area is 279 Å². The van der Waals surface area contributed by atoms with Crippen LogP contribution < -0.4 is 18.9 Å². The molecular weight excluding hydrogens is 695 g/mol. The molecule has 8 rings (SSSR count). The summed E-state index contributed by atoms with van der Waals surface area (Å²) in [5.74, 6) is 3.33. The Hall–Kier alpha value is -4.96. The number of furan rings is 1. The van der Waals surface area contributed by atoms with Gasteiger partial charge in [0, 0.05) is 32.6 Å². The topological polar surface area (TPSA) is 87.4 Å².